The molecule has 0 amide bonds. The molecular weight excluding hydrogens is 240 g/mol. The average Bonchev–Trinajstić information content (AvgIpc) is 2.67. The van der Waals surface area contributed by atoms with E-state index in [0.29, 0.717) is 19.6 Å². The third kappa shape index (κ3) is 2.98. The van der Waals surface area contributed by atoms with Crippen LogP contribution in [-0.4, -0.2) is 19.2 Å². The van der Waals surface area contributed by atoms with Crippen LogP contribution in [0.25, 0.3) is 5.57 Å². The minimum absolute atomic E-state index is 0.161. The summed E-state index contributed by atoms with van der Waals surface area (Å²) in [5.74, 6) is 0.698. The van der Waals surface area contributed by atoms with Gasteiger partial charge in [-0.25, -0.2) is 0 Å². The minimum Gasteiger partial charge on any atom is -0.494 e. The van der Waals surface area contributed by atoms with E-state index < -0.39 is 0 Å². The Morgan fingerprint density at radius 3 is 2.74 bits per heavy atom. The standard InChI is InChI=1S/C16H20O3/c1-4-18-13-7-6-12-8-11(3)14(15(12)9-13)10-16(17)19-5-2/h6-7,9H,4-5,8,10H2,1-3H3. The Morgan fingerprint density at radius 2 is 2.05 bits per heavy atom. The van der Waals surface area contributed by atoms with E-state index in [1.807, 2.05) is 26.0 Å². The van der Waals surface area contributed by atoms with Crippen LogP contribution in [0.2, 0.25) is 0 Å². The van der Waals surface area contributed by atoms with Gasteiger partial charge in [0.2, 0.25) is 0 Å². The van der Waals surface area contributed by atoms with Crippen molar-refractivity contribution in [2.24, 2.45) is 0 Å². The van der Waals surface area contributed by atoms with Crippen LogP contribution in [-0.2, 0) is 16.0 Å². The fraction of sp³-hybridized carbons (Fsp3) is 0.438. The number of esters is 1. The van der Waals surface area contributed by atoms with Crippen molar-refractivity contribution in [1.82, 2.24) is 0 Å². The van der Waals surface area contributed by atoms with Crippen LogP contribution in [0.5, 0.6) is 5.75 Å². The molecule has 0 saturated carbocycles. The second-order valence-electron chi connectivity index (χ2n) is 4.67. The van der Waals surface area contributed by atoms with Gasteiger partial charge in [-0.3, -0.25) is 4.79 Å². The first kappa shape index (κ1) is 13.7. The van der Waals surface area contributed by atoms with E-state index in [1.54, 1.807) is 0 Å². The number of fused-ring (bicyclic) bond motifs is 1. The van der Waals surface area contributed by atoms with Crippen LogP contribution in [0.1, 0.15) is 38.3 Å². The molecule has 102 valence electrons. The van der Waals surface area contributed by atoms with Crippen molar-refractivity contribution in [1.29, 1.82) is 0 Å². The molecule has 0 aromatic heterocycles. The Bertz CT molecular complexity index is 515. The summed E-state index contributed by atoms with van der Waals surface area (Å²) >= 11 is 0. The smallest absolute Gasteiger partial charge is 0.310 e. The van der Waals surface area contributed by atoms with Gasteiger partial charge >= 0.3 is 5.97 Å². The Labute approximate surface area is 114 Å². The topological polar surface area (TPSA) is 35.5 Å². The molecule has 0 saturated heterocycles. The molecule has 0 spiro atoms. The molecule has 1 aromatic carbocycles. The van der Waals surface area contributed by atoms with Gasteiger partial charge in [0.1, 0.15) is 5.75 Å². The number of hydrogen-bond acceptors (Lipinski definition) is 3. The van der Waals surface area contributed by atoms with Crippen molar-refractivity contribution < 1.29 is 14.3 Å². The zero-order valence-electron chi connectivity index (χ0n) is 11.8. The highest BCUT2D eigenvalue weighted by Crippen LogP contribution is 2.37. The number of carbonyl (C=O) groups is 1. The van der Waals surface area contributed by atoms with E-state index in [-0.39, 0.29) is 5.97 Å². The fourth-order valence-corrected chi connectivity index (χ4v) is 2.47. The molecule has 1 aliphatic rings. The zero-order chi connectivity index (χ0) is 13.8. The van der Waals surface area contributed by atoms with Crippen molar-refractivity contribution in [3.63, 3.8) is 0 Å². The first-order valence-corrected chi connectivity index (χ1v) is 6.76. The first-order chi connectivity index (χ1) is 9.15. The predicted octanol–water partition coefficient (Wildman–Crippen LogP) is 3.37. The molecule has 0 N–H and O–H groups in total. The van der Waals surface area contributed by atoms with Gasteiger partial charge < -0.3 is 9.47 Å². The summed E-state index contributed by atoms with van der Waals surface area (Å²) in [7, 11) is 0. The van der Waals surface area contributed by atoms with E-state index in [0.717, 1.165) is 23.3 Å². The molecule has 1 aliphatic carbocycles. The number of carbonyl (C=O) groups excluding carboxylic acids is 1. The summed E-state index contributed by atoms with van der Waals surface area (Å²) in [6.07, 6.45) is 1.26. The fourth-order valence-electron chi connectivity index (χ4n) is 2.47. The highest BCUT2D eigenvalue weighted by Gasteiger charge is 2.22. The van der Waals surface area contributed by atoms with E-state index in [1.165, 1.54) is 11.1 Å². The largest absolute Gasteiger partial charge is 0.494 e. The second kappa shape index (κ2) is 5.91. The normalized spacial score (nSPS) is 13.4. The van der Waals surface area contributed by atoms with Gasteiger partial charge in [0.15, 0.2) is 0 Å². The Morgan fingerprint density at radius 1 is 1.26 bits per heavy atom. The first-order valence-electron chi connectivity index (χ1n) is 6.76. The van der Waals surface area contributed by atoms with Crippen molar-refractivity contribution >= 4 is 11.5 Å². The van der Waals surface area contributed by atoms with Gasteiger partial charge in [0.05, 0.1) is 19.6 Å². The predicted molar refractivity (Wildman–Crippen MR) is 75.2 cm³/mol. The summed E-state index contributed by atoms with van der Waals surface area (Å²) in [4.78, 5) is 11.7. The van der Waals surface area contributed by atoms with Crippen LogP contribution in [0.15, 0.2) is 23.8 Å². The number of allylic oxidation sites excluding steroid dienone is 1. The molecule has 0 bridgehead atoms. The zero-order valence-corrected chi connectivity index (χ0v) is 11.8. The lowest BCUT2D eigenvalue weighted by Gasteiger charge is -2.09. The van der Waals surface area contributed by atoms with Crippen LogP contribution in [0, 0.1) is 0 Å². The van der Waals surface area contributed by atoms with Crippen LogP contribution in [0.3, 0.4) is 0 Å². The molecule has 0 aliphatic heterocycles. The van der Waals surface area contributed by atoms with E-state index in [2.05, 4.69) is 13.0 Å². The molecule has 0 heterocycles. The second-order valence-corrected chi connectivity index (χ2v) is 4.67. The summed E-state index contributed by atoms with van der Waals surface area (Å²) in [5.41, 5.74) is 4.74. The molecular formula is C16H20O3. The maximum Gasteiger partial charge on any atom is 0.310 e. The van der Waals surface area contributed by atoms with Crippen molar-refractivity contribution in [3.05, 3.63) is 34.9 Å². The monoisotopic (exact) mass is 260 g/mol. The third-order valence-electron chi connectivity index (χ3n) is 3.31. The van der Waals surface area contributed by atoms with Gasteiger partial charge in [-0.05, 0) is 56.0 Å². The third-order valence-corrected chi connectivity index (χ3v) is 3.31. The minimum atomic E-state index is -0.161. The molecule has 2 rings (SSSR count). The average molecular weight is 260 g/mol. The number of ether oxygens (including phenoxy) is 2. The van der Waals surface area contributed by atoms with Gasteiger partial charge in [-0.15, -0.1) is 0 Å². The van der Waals surface area contributed by atoms with Gasteiger partial charge in [0.25, 0.3) is 0 Å². The van der Waals surface area contributed by atoms with Gasteiger partial charge in [-0.2, -0.15) is 0 Å². The Hall–Kier alpha value is -1.77. The van der Waals surface area contributed by atoms with Crippen molar-refractivity contribution in [2.45, 2.75) is 33.6 Å². The molecule has 0 fully saturated rings. The van der Waals surface area contributed by atoms with Crippen LogP contribution in [0.4, 0.5) is 0 Å². The van der Waals surface area contributed by atoms with E-state index >= 15 is 0 Å². The quantitative estimate of drug-likeness (QED) is 0.761. The number of rotatable bonds is 5. The van der Waals surface area contributed by atoms with Crippen LogP contribution < -0.4 is 4.74 Å². The summed E-state index contributed by atoms with van der Waals surface area (Å²) in [6, 6.07) is 6.11. The van der Waals surface area contributed by atoms with Crippen LogP contribution >= 0.6 is 0 Å². The summed E-state index contributed by atoms with van der Waals surface area (Å²) in [5, 5.41) is 0. The summed E-state index contributed by atoms with van der Waals surface area (Å²) in [6.45, 7) is 6.95. The molecule has 0 radical (unpaired) electrons. The lowest BCUT2D eigenvalue weighted by Crippen LogP contribution is -2.05. The number of hydrogen-bond donors (Lipinski definition) is 0. The lowest BCUT2D eigenvalue weighted by atomic mass is 10.0. The molecule has 19 heavy (non-hydrogen) atoms. The number of benzene rings is 1. The highest BCUT2D eigenvalue weighted by atomic mass is 16.5. The lowest BCUT2D eigenvalue weighted by molar-refractivity contribution is -0.141. The molecule has 0 atom stereocenters. The van der Waals surface area contributed by atoms with Gasteiger partial charge in [-0.1, -0.05) is 11.6 Å². The molecule has 1 aromatic rings. The van der Waals surface area contributed by atoms with Crippen molar-refractivity contribution in [3.8, 4) is 5.75 Å². The Balaban J connectivity index is 2.24. The molecule has 0 unspecified atom stereocenters. The van der Waals surface area contributed by atoms with Crippen molar-refractivity contribution in [2.75, 3.05) is 13.2 Å². The molecule has 3 nitrogen and oxygen atoms in total. The van der Waals surface area contributed by atoms with E-state index in [9.17, 15) is 4.79 Å². The molecule has 3 heteroatoms. The Kier molecular flexibility index (Phi) is 4.25. The maximum absolute atomic E-state index is 11.7. The summed E-state index contributed by atoms with van der Waals surface area (Å²) < 4.78 is 10.6. The maximum atomic E-state index is 11.7. The highest BCUT2D eigenvalue weighted by molar-refractivity contribution is 5.89. The van der Waals surface area contributed by atoms with Gasteiger partial charge in [0, 0.05) is 0 Å². The SMILES string of the molecule is CCOC(=O)CC1=C(C)Cc2ccc(OCC)cc21. The van der Waals surface area contributed by atoms with E-state index in [4.69, 9.17) is 9.47 Å².